The summed E-state index contributed by atoms with van der Waals surface area (Å²) < 4.78 is 26.0. The van der Waals surface area contributed by atoms with Gasteiger partial charge in [0, 0.05) is 4.88 Å². The predicted octanol–water partition coefficient (Wildman–Crippen LogP) is 1.23. The molecule has 1 aromatic rings. The van der Waals surface area contributed by atoms with Gasteiger partial charge in [-0.25, -0.2) is 5.14 Å². The molecule has 0 spiro atoms. The summed E-state index contributed by atoms with van der Waals surface area (Å²) in [6.45, 7) is -0.00486. The van der Waals surface area contributed by atoms with E-state index in [0.717, 1.165) is 8.66 Å². The molecular weight excluding hydrogens is 266 g/mol. The maximum absolute atomic E-state index is 10.4. The largest absolute Gasteiger partial charge is 0.333 e. The molecule has 12 heavy (non-hydrogen) atoms. The summed E-state index contributed by atoms with van der Waals surface area (Å²) in [5, 5.41) is 4.63. The third-order valence-corrected chi connectivity index (χ3v) is 3.04. The second-order valence-corrected chi connectivity index (χ2v) is 5.73. The van der Waals surface area contributed by atoms with Crippen LogP contribution < -0.4 is 5.14 Å². The van der Waals surface area contributed by atoms with E-state index in [-0.39, 0.29) is 6.61 Å². The number of nitrogens with two attached hydrogens (primary N) is 1. The molecule has 0 saturated heterocycles. The Hall–Kier alpha value is 0.0500. The van der Waals surface area contributed by atoms with Crippen molar-refractivity contribution in [2.45, 2.75) is 6.61 Å². The summed E-state index contributed by atoms with van der Waals surface area (Å²) in [4.78, 5) is 0.802. The fraction of sp³-hybridized carbons (Fsp3) is 0.200. The Morgan fingerprint density at radius 1 is 1.58 bits per heavy atom. The molecule has 68 valence electrons. The van der Waals surface area contributed by atoms with Crippen LogP contribution in [0.4, 0.5) is 0 Å². The first-order valence-electron chi connectivity index (χ1n) is 2.89. The van der Waals surface area contributed by atoms with Crippen molar-refractivity contribution >= 4 is 37.6 Å². The lowest BCUT2D eigenvalue weighted by atomic mass is 10.5. The molecule has 0 aliphatic heterocycles. The minimum Gasteiger partial charge on any atom is -0.253 e. The zero-order valence-corrected chi connectivity index (χ0v) is 9.08. The highest BCUT2D eigenvalue weighted by atomic mass is 79.9. The quantitative estimate of drug-likeness (QED) is 0.899. The Balaban J connectivity index is 2.55. The van der Waals surface area contributed by atoms with Crippen LogP contribution in [0.2, 0.25) is 0 Å². The molecule has 4 nitrogen and oxygen atoms in total. The normalized spacial score (nSPS) is 11.8. The van der Waals surface area contributed by atoms with Crippen LogP contribution in [0.15, 0.2) is 15.9 Å². The highest BCUT2D eigenvalue weighted by Crippen LogP contribution is 2.22. The lowest BCUT2D eigenvalue weighted by Gasteiger charge is -1.96. The van der Waals surface area contributed by atoms with Gasteiger partial charge in [-0.05, 0) is 28.1 Å². The molecule has 0 bridgehead atoms. The van der Waals surface area contributed by atoms with Crippen LogP contribution in [0.3, 0.4) is 0 Å². The van der Waals surface area contributed by atoms with Crippen molar-refractivity contribution in [1.29, 1.82) is 0 Å². The molecule has 1 rings (SSSR count). The van der Waals surface area contributed by atoms with Crippen molar-refractivity contribution < 1.29 is 12.6 Å². The average molecular weight is 272 g/mol. The van der Waals surface area contributed by atoms with Crippen LogP contribution in [-0.2, 0) is 21.1 Å². The van der Waals surface area contributed by atoms with Gasteiger partial charge in [-0.3, -0.25) is 4.18 Å². The summed E-state index contributed by atoms with van der Waals surface area (Å²) >= 11 is 4.63. The topological polar surface area (TPSA) is 69.4 Å². The monoisotopic (exact) mass is 271 g/mol. The first kappa shape index (κ1) is 10.1. The SMILES string of the molecule is NS(=O)(=O)OCc1ccc(Br)s1. The van der Waals surface area contributed by atoms with E-state index >= 15 is 0 Å². The Kier molecular flexibility index (Phi) is 3.24. The van der Waals surface area contributed by atoms with Crippen LogP contribution in [0, 0.1) is 0 Å². The number of rotatable bonds is 3. The van der Waals surface area contributed by atoms with E-state index < -0.39 is 10.3 Å². The summed E-state index contributed by atoms with van der Waals surface area (Å²) in [5.41, 5.74) is 0. The molecule has 0 aromatic carbocycles. The minimum atomic E-state index is -3.82. The van der Waals surface area contributed by atoms with E-state index in [9.17, 15) is 8.42 Å². The first-order chi connectivity index (χ1) is 5.47. The van der Waals surface area contributed by atoms with Gasteiger partial charge >= 0.3 is 10.3 Å². The second kappa shape index (κ2) is 3.84. The summed E-state index contributed by atoms with van der Waals surface area (Å²) in [6.07, 6.45) is 0. The maximum Gasteiger partial charge on any atom is 0.333 e. The zero-order valence-electron chi connectivity index (χ0n) is 5.86. The Bertz CT molecular complexity index is 359. The van der Waals surface area contributed by atoms with E-state index in [4.69, 9.17) is 0 Å². The Labute approximate surface area is 82.7 Å². The summed E-state index contributed by atoms with van der Waals surface area (Å²) in [6, 6.07) is 3.58. The van der Waals surface area contributed by atoms with Crippen molar-refractivity contribution in [2.75, 3.05) is 0 Å². The molecule has 0 radical (unpaired) electrons. The molecule has 0 aliphatic rings. The van der Waals surface area contributed by atoms with E-state index in [1.54, 1.807) is 6.07 Å². The molecule has 7 heteroatoms. The summed E-state index contributed by atoms with van der Waals surface area (Å²) in [7, 11) is -3.82. The number of halogens is 1. The van der Waals surface area contributed by atoms with Gasteiger partial charge in [-0.15, -0.1) is 11.3 Å². The van der Waals surface area contributed by atoms with Crippen LogP contribution in [0.25, 0.3) is 0 Å². The van der Waals surface area contributed by atoms with E-state index in [0.29, 0.717) is 0 Å². The molecule has 0 aliphatic carbocycles. The molecule has 0 unspecified atom stereocenters. The van der Waals surface area contributed by atoms with Gasteiger partial charge in [0.05, 0.1) is 3.79 Å². The van der Waals surface area contributed by atoms with E-state index in [1.807, 2.05) is 6.07 Å². The lowest BCUT2D eigenvalue weighted by molar-refractivity contribution is 0.312. The highest BCUT2D eigenvalue weighted by Gasteiger charge is 2.04. The lowest BCUT2D eigenvalue weighted by Crippen LogP contribution is -2.15. The molecule has 0 saturated carbocycles. The molecule has 0 fully saturated rings. The molecule has 1 heterocycles. The number of hydrogen-bond donors (Lipinski definition) is 1. The number of hydrogen-bond acceptors (Lipinski definition) is 4. The van der Waals surface area contributed by atoms with Crippen molar-refractivity contribution in [3.8, 4) is 0 Å². The first-order valence-corrected chi connectivity index (χ1v) is 5.97. The zero-order chi connectivity index (χ0) is 9.19. The van der Waals surface area contributed by atoms with Crippen molar-refractivity contribution in [3.63, 3.8) is 0 Å². The second-order valence-electron chi connectivity index (χ2n) is 1.96. The maximum atomic E-state index is 10.4. The Morgan fingerprint density at radius 3 is 2.67 bits per heavy atom. The smallest absolute Gasteiger partial charge is 0.253 e. The predicted molar refractivity (Wildman–Crippen MR) is 49.9 cm³/mol. The number of thiophene rings is 1. The molecule has 1 aromatic heterocycles. The van der Waals surface area contributed by atoms with Crippen LogP contribution >= 0.6 is 27.3 Å². The highest BCUT2D eigenvalue weighted by molar-refractivity contribution is 9.11. The molecular formula is C5H6BrNO3S2. The van der Waals surface area contributed by atoms with Crippen LogP contribution in [0.5, 0.6) is 0 Å². The standard InChI is InChI=1S/C5H6BrNO3S2/c6-5-2-1-4(11-5)3-10-12(7,8)9/h1-2H,3H2,(H2,7,8,9). The van der Waals surface area contributed by atoms with Gasteiger partial charge < -0.3 is 0 Å². The fourth-order valence-corrected chi connectivity index (χ4v) is 2.33. The van der Waals surface area contributed by atoms with Gasteiger partial charge in [0.15, 0.2) is 0 Å². The molecule has 2 N–H and O–H groups in total. The van der Waals surface area contributed by atoms with Crippen LogP contribution in [-0.4, -0.2) is 8.42 Å². The molecule has 0 atom stereocenters. The van der Waals surface area contributed by atoms with Crippen molar-refractivity contribution in [3.05, 3.63) is 20.8 Å². The van der Waals surface area contributed by atoms with Crippen molar-refractivity contribution in [2.24, 2.45) is 5.14 Å². The van der Waals surface area contributed by atoms with Gasteiger partial charge in [-0.1, -0.05) is 0 Å². The van der Waals surface area contributed by atoms with Gasteiger partial charge in [0.25, 0.3) is 0 Å². The molecule has 0 amide bonds. The third kappa shape index (κ3) is 3.63. The van der Waals surface area contributed by atoms with E-state index in [2.05, 4.69) is 25.3 Å². The summed E-state index contributed by atoms with van der Waals surface area (Å²) in [5.74, 6) is 0. The Morgan fingerprint density at radius 2 is 2.25 bits per heavy atom. The fourth-order valence-electron chi connectivity index (χ4n) is 0.570. The van der Waals surface area contributed by atoms with Gasteiger partial charge in [0.2, 0.25) is 0 Å². The third-order valence-electron chi connectivity index (χ3n) is 0.994. The van der Waals surface area contributed by atoms with Gasteiger partial charge in [0.1, 0.15) is 6.61 Å². The van der Waals surface area contributed by atoms with Crippen LogP contribution in [0.1, 0.15) is 4.88 Å². The van der Waals surface area contributed by atoms with E-state index in [1.165, 1.54) is 11.3 Å². The van der Waals surface area contributed by atoms with Gasteiger partial charge in [-0.2, -0.15) is 8.42 Å². The average Bonchev–Trinajstić information content (AvgIpc) is 2.30. The minimum absolute atomic E-state index is 0.00486. The van der Waals surface area contributed by atoms with Crippen molar-refractivity contribution in [1.82, 2.24) is 0 Å².